The van der Waals surface area contributed by atoms with Crippen molar-refractivity contribution in [3.63, 3.8) is 0 Å². The zero-order valence-corrected chi connectivity index (χ0v) is 12.6. The number of nitrogens with two attached hydrogens (primary N) is 1. The number of nitrogens with zero attached hydrogens (tertiary/aromatic N) is 2. The zero-order chi connectivity index (χ0) is 15.6. The standard InChI is InChI=1S/C12H17N5O3S/c1-3-4-8-5-11(16-15-8)14-12(18)10-6-9(7-17(10)2)21(13,19)20/h5-7H,3-4H2,1-2H3,(H2,13,19,20)(H2,14,15,16,18). The van der Waals surface area contributed by atoms with Crippen LogP contribution in [0.4, 0.5) is 5.82 Å². The lowest BCUT2D eigenvalue weighted by molar-refractivity contribution is 0.101. The van der Waals surface area contributed by atoms with Gasteiger partial charge in [0.05, 0.1) is 0 Å². The van der Waals surface area contributed by atoms with Crippen LogP contribution in [0, 0.1) is 0 Å². The van der Waals surface area contributed by atoms with Crippen molar-refractivity contribution in [1.29, 1.82) is 0 Å². The Labute approximate surface area is 122 Å². The van der Waals surface area contributed by atoms with Crippen molar-refractivity contribution >= 4 is 21.7 Å². The number of amides is 1. The van der Waals surface area contributed by atoms with E-state index in [2.05, 4.69) is 15.5 Å². The molecule has 21 heavy (non-hydrogen) atoms. The number of aromatic amines is 1. The van der Waals surface area contributed by atoms with E-state index in [0.29, 0.717) is 5.82 Å². The summed E-state index contributed by atoms with van der Waals surface area (Å²) in [6, 6.07) is 2.97. The highest BCUT2D eigenvalue weighted by Gasteiger charge is 2.18. The number of aromatic nitrogens is 3. The van der Waals surface area contributed by atoms with E-state index in [1.807, 2.05) is 6.92 Å². The molecule has 114 valence electrons. The SMILES string of the molecule is CCCc1cc(NC(=O)c2cc(S(N)(=O)=O)cn2C)n[nH]1. The molecule has 0 fully saturated rings. The predicted molar refractivity (Wildman–Crippen MR) is 77.3 cm³/mol. The van der Waals surface area contributed by atoms with Crippen LogP contribution in [-0.4, -0.2) is 29.1 Å². The minimum atomic E-state index is -3.84. The zero-order valence-electron chi connectivity index (χ0n) is 11.8. The van der Waals surface area contributed by atoms with E-state index in [1.165, 1.54) is 16.8 Å². The number of H-pyrrole nitrogens is 1. The molecule has 0 bridgehead atoms. The van der Waals surface area contributed by atoms with E-state index >= 15 is 0 Å². The summed E-state index contributed by atoms with van der Waals surface area (Å²) in [4.78, 5) is 12.0. The number of anilines is 1. The third kappa shape index (κ3) is 3.50. The molecule has 0 aliphatic heterocycles. The van der Waals surface area contributed by atoms with Gasteiger partial charge in [-0.2, -0.15) is 5.10 Å². The molecule has 1 amide bonds. The van der Waals surface area contributed by atoms with Crippen LogP contribution in [0.15, 0.2) is 23.2 Å². The van der Waals surface area contributed by atoms with Crippen LogP contribution < -0.4 is 10.5 Å². The highest BCUT2D eigenvalue weighted by molar-refractivity contribution is 7.89. The number of hydrogen-bond acceptors (Lipinski definition) is 4. The van der Waals surface area contributed by atoms with Gasteiger partial charge in [-0.1, -0.05) is 13.3 Å². The van der Waals surface area contributed by atoms with Gasteiger partial charge < -0.3 is 9.88 Å². The van der Waals surface area contributed by atoms with Crippen LogP contribution in [-0.2, 0) is 23.5 Å². The Morgan fingerprint density at radius 3 is 2.76 bits per heavy atom. The first-order valence-electron chi connectivity index (χ1n) is 6.36. The van der Waals surface area contributed by atoms with Crippen molar-refractivity contribution in [3.8, 4) is 0 Å². The molecule has 0 saturated carbocycles. The van der Waals surface area contributed by atoms with Gasteiger partial charge >= 0.3 is 0 Å². The summed E-state index contributed by atoms with van der Waals surface area (Å²) < 4.78 is 23.9. The Morgan fingerprint density at radius 1 is 1.48 bits per heavy atom. The smallest absolute Gasteiger partial charge is 0.273 e. The molecule has 0 spiro atoms. The van der Waals surface area contributed by atoms with E-state index < -0.39 is 15.9 Å². The van der Waals surface area contributed by atoms with Crippen LogP contribution in [0.5, 0.6) is 0 Å². The summed E-state index contributed by atoms with van der Waals surface area (Å²) in [5, 5.41) is 14.4. The van der Waals surface area contributed by atoms with Crippen LogP contribution in [0.25, 0.3) is 0 Å². The first-order chi connectivity index (χ1) is 9.81. The molecular formula is C12H17N5O3S. The molecule has 0 radical (unpaired) electrons. The summed E-state index contributed by atoms with van der Waals surface area (Å²) >= 11 is 0. The van der Waals surface area contributed by atoms with E-state index in [1.54, 1.807) is 13.1 Å². The number of hydrogen-bond donors (Lipinski definition) is 3. The lowest BCUT2D eigenvalue weighted by Gasteiger charge is -2.02. The molecule has 0 atom stereocenters. The monoisotopic (exact) mass is 311 g/mol. The van der Waals surface area contributed by atoms with Crippen LogP contribution in [0.1, 0.15) is 29.5 Å². The number of carbonyl (C=O) groups excluding carboxylic acids is 1. The fourth-order valence-electron chi connectivity index (χ4n) is 1.92. The number of nitrogens with one attached hydrogen (secondary N) is 2. The molecule has 0 aliphatic rings. The van der Waals surface area contributed by atoms with Gasteiger partial charge in [-0.25, -0.2) is 13.6 Å². The Balaban J connectivity index is 2.18. The van der Waals surface area contributed by atoms with Gasteiger partial charge in [0, 0.05) is 25.0 Å². The lowest BCUT2D eigenvalue weighted by Crippen LogP contribution is -2.15. The second-order valence-corrected chi connectivity index (χ2v) is 6.26. The van der Waals surface area contributed by atoms with Crippen molar-refractivity contribution in [3.05, 3.63) is 29.7 Å². The molecule has 0 aliphatic carbocycles. The molecule has 2 rings (SSSR count). The third-order valence-corrected chi connectivity index (χ3v) is 3.81. The van der Waals surface area contributed by atoms with Crippen molar-refractivity contribution in [2.45, 2.75) is 24.7 Å². The average molecular weight is 311 g/mol. The third-order valence-electron chi connectivity index (χ3n) is 2.93. The first kappa shape index (κ1) is 15.3. The van der Waals surface area contributed by atoms with Gasteiger partial charge in [0.2, 0.25) is 10.0 Å². The maximum absolute atomic E-state index is 12.1. The van der Waals surface area contributed by atoms with Crippen molar-refractivity contribution in [1.82, 2.24) is 14.8 Å². The first-order valence-corrected chi connectivity index (χ1v) is 7.90. The summed E-state index contributed by atoms with van der Waals surface area (Å²) in [6.07, 6.45) is 3.09. The quantitative estimate of drug-likeness (QED) is 0.748. The number of carbonyl (C=O) groups is 1. The normalized spacial score (nSPS) is 11.6. The number of rotatable bonds is 5. The van der Waals surface area contributed by atoms with Crippen LogP contribution in [0.2, 0.25) is 0 Å². The van der Waals surface area contributed by atoms with Gasteiger partial charge in [-0.15, -0.1) is 0 Å². The molecule has 0 aromatic carbocycles. The Bertz CT molecular complexity index is 760. The second kappa shape index (κ2) is 5.70. The Morgan fingerprint density at radius 2 is 2.19 bits per heavy atom. The van der Waals surface area contributed by atoms with Crippen LogP contribution in [0.3, 0.4) is 0 Å². The fourth-order valence-corrected chi connectivity index (χ4v) is 2.50. The number of aryl methyl sites for hydroxylation is 2. The van der Waals surface area contributed by atoms with E-state index in [4.69, 9.17) is 5.14 Å². The molecule has 2 aromatic rings. The maximum atomic E-state index is 12.1. The topological polar surface area (TPSA) is 123 Å². The van der Waals surface area contributed by atoms with Crippen LogP contribution >= 0.6 is 0 Å². The predicted octanol–water partition coefficient (Wildman–Crippen LogP) is 0.600. The largest absolute Gasteiger partial charge is 0.345 e. The molecule has 0 saturated heterocycles. The van der Waals surface area contributed by atoms with Crippen molar-refractivity contribution < 1.29 is 13.2 Å². The lowest BCUT2D eigenvalue weighted by atomic mass is 10.2. The molecule has 9 heteroatoms. The number of sulfonamides is 1. The molecule has 0 unspecified atom stereocenters. The second-order valence-electron chi connectivity index (χ2n) is 4.70. The van der Waals surface area contributed by atoms with Gasteiger partial charge in [0.15, 0.2) is 5.82 Å². The summed E-state index contributed by atoms with van der Waals surface area (Å²) in [5.41, 5.74) is 1.10. The maximum Gasteiger partial charge on any atom is 0.273 e. The number of primary sulfonamides is 1. The highest BCUT2D eigenvalue weighted by Crippen LogP contribution is 2.14. The summed E-state index contributed by atoms with van der Waals surface area (Å²) in [6.45, 7) is 2.04. The van der Waals surface area contributed by atoms with E-state index in [0.717, 1.165) is 18.5 Å². The van der Waals surface area contributed by atoms with Crippen molar-refractivity contribution in [2.24, 2.45) is 12.2 Å². The summed E-state index contributed by atoms with van der Waals surface area (Å²) in [7, 11) is -2.27. The van der Waals surface area contributed by atoms with Crippen molar-refractivity contribution in [2.75, 3.05) is 5.32 Å². The van der Waals surface area contributed by atoms with E-state index in [-0.39, 0.29) is 10.6 Å². The minimum absolute atomic E-state index is 0.108. The van der Waals surface area contributed by atoms with Gasteiger partial charge in [0.25, 0.3) is 5.91 Å². The molecule has 4 N–H and O–H groups in total. The van der Waals surface area contributed by atoms with Gasteiger partial charge in [-0.05, 0) is 12.5 Å². The molecule has 2 aromatic heterocycles. The van der Waals surface area contributed by atoms with Gasteiger partial charge in [0.1, 0.15) is 10.6 Å². The average Bonchev–Trinajstić information content (AvgIpc) is 2.96. The highest BCUT2D eigenvalue weighted by atomic mass is 32.2. The Hall–Kier alpha value is -2.13. The Kier molecular flexibility index (Phi) is 4.14. The molecular weight excluding hydrogens is 294 g/mol. The van der Waals surface area contributed by atoms with E-state index in [9.17, 15) is 13.2 Å². The fraction of sp³-hybridized carbons (Fsp3) is 0.333. The van der Waals surface area contributed by atoms with Gasteiger partial charge in [-0.3, -0.25) is 9.89 Å². The molecule has 8 nitrogen and oxygen atoms in total. The molecule has 2 heterocycles. The minimum Gasteiger partial charge on any atom is -0.345 e. The summed E-state index contributed by atoms with van der Waals surface area (Å²) in [5.74, 6) is -0.0660.